The van der Waals surface area contributed by atoms with E-state index < -0.39 is 22.7 Å². The van der Waals surface area contributed by atoms with Crippen molar-refractivity contribution in [2.75, 3.05) is 18.7 Å². The van der Waals surface area contributed by atoms with Crippen molar-refractivity contribution in [3.05, 3.63) is 81.6 Å². The molecule has 1 aromatic heterocycles. The molecule has 11 nitrogen and oxygen atoms in total. The highest BCUT2D eigenvalue weighted by Gasteiger charge is 2.35. The largest absolute Gasteiger partial charge is 0.496 e. The van der Waals surface area contributed by atoms with Gasteiger partial charge in [0.1, 0.15) is 22.8 Å². The van der Waals surface area contributed by atoms with Gasteiger partial charge in [0.2, 0.25) is 0 Å². The van der Waals surface area contributed by atoms with E-state index in [2.05, 4.69) is 5.43 Å². The molecule has 178 valence electrons. The van der Waals surface area contributed by atoms with Crippen LogP contribution in [0.5, 0.6) is 5.75 Å². The molecule has 1 aliphatic rings. The number of amides is 2. The summed E-state index contributed by atoms with van der Waals surface area (Å²) in [5.41, 5.74) is 3.15. The van der Waals surface area contributed by atoms with Crippen molar-refractivity contribution in [3.8, 4) is 17.1 Å². The molecule has 1 saturated heterocycles. The Morgan fingerprint density at radius 1 is 1.14 bits per heavy atom. The standard InChI is InChI=1S/C24H19N3O8/c1-3-34-24(30)14-4-6-15(7-5-14)26-23(29)19(22(28)25-26)13-17-9-11-21(35-17)18-12-16(27(31)32)8-10-20(18)33-2/h4-13H,3H2,1-2H3,(H,25,28)/b19-13-. The van der Waals surface area contributed by atoms with Crippen LogP contribution in [0.25, 0.3) is 17.4 Å². The highest BCUT2D eigenvalue weighted by molar-refractivity contribution is 6.31. The fraction of sp³-hybridized carbons (Fsp3) is 0.125. The highest BCUT2D eigenvalue weighted by atomic mass is 16.6. The second kappa shape index (κ2) is 9.51. The highest BCUT2D eigenvalue weighted by Crippen LogP contribution is 2.35. The minimum absolute atomic E-state index is 0.146. The first-order valence-electron chi connectivity index (χ1n) is 10.4. The number of esters is 1. The summed E-state index contributed by atoms with van der Waals surface area (Å²) in [5.74, 6) is -0.956. The Bertz CT molecular complexity index is 1360. The summed E-state index contributed by atoms with van der Waals surface area (Å²) >= 11 is 0. The van der Waals surface area contributed by atoms with Crippen LogP contribution in [0.15, 0.2) is 64.6 Å². The van der Waals surface area contributed by atoms with E-state index in [1.54, 1.807) is 13.0 Å². The number of rotatable bonds is 7. The Morgan fingerprint density at radius 3 is 2.54 bits per heavy atom. The minimum Gasteiger partial charge on any atom is -0.496 e. The molecule has 1 fully saturated rings. The average molecular weight is 477 g/mol. The van der Waals surface area contributed by atoms with Gasteiger partial charge in [0.15, 0.2) is 0 Å². The maximum Gasteiger partial charge on any atom is 0.338 e. The van der Waals surface area contributed by atoms with Crippen molar-refractivity contribution in [2.24, 2.45) is 0 Å². The number of non-ortho nitro benzene ring substituents is 1. The number of nitro groups is 1. The number of nitro benzene ring substituents is 1. The number of nitrogens with one attached hydrogen (secondary N) is 1. The molecule has 11 heteroatoms. The fourth-order valence-corrected chi connectivity index (χ4v) is 3.42. The van der Waals surface area contributed by atoms with Gasteiger partial charge in [0, 0.05) is 12.1 Å². The smallest absolute Gasteiger partial charge is 0.338 e. The molecule has 1 aliphatic heterocycles. The number of hydrogen-bond donors (Lipinski definition) is 1. The summed E-state index contributed by atoms with van der Waals surface area (Å²) < 4.78 is 15.9. The molecular formula is C24H19N3O8. The maximum absolute atomic E-state index is 12.9. The summed E-state index contributed by atoms with van der Waals surface area (Å²) in [6, 6.07) is 13.1. The lowest BCUT2D eigenvalue weighted by Gasteiger charge is -2.14. The Hall–Kier alpha value is -4.93. The van der Waals surface area contributed by atoms with E-state index in [1.807, 2.05) is 0 Å². The second-order valence-corrected chi connectivity index (χ2v) is 7.25. The lowest BCUT2D eigenvalue weighted by Crippen LogP contribution is -2.35. The molecule has 2 amide bonds. The van der Waals surface area contributed by atoms with Crippen molar-refractivity contribution in [2.45, 2.75) is 6.92 Å². The van der Waals surface area contributed by atoms with Crippen molar-refractivity contribution in [3.63, 3.8) is 0 Å². The number of hydrogen-bond acceptors (Lipinski definition) is 8. The van der Waals surface area contributed by atoms with Crippen molar-refractivity contribution in [1.29, 1.82) is 0 Å². The normalized spacial score (nSPS) is 14.2. The van der Waals surface area contributed by atoms with Crippen LogP contribution in [0, 0.1) is 10.1 Å². The molecule has 0 atom stereocenters. The van der Waals surface area contributed by atoms with Crippen LogP contribution in [-0.4, -0.2) is 36.4 Å². The van der Waals surface area contributed by atoms with Crippen molar-refractivity contribution in [1.82, 2.24) is 5.43 Å². The van der Waals surface area contributed by atoms with E-state index in [0.29, 0.717) is 22.6 Å². The molecule has 1 N–H and O–H groups in total. The molecule has 4 rings (SSSR count). The maximum atomic E-state index is 12.9. The predicted molar refractivity (Wildman–Crippen MR) is 123 cm³/mol. The lowest BCUT2D eigenvalue weighted by molar-refractivity contribution is -0.384. The average Bonchev–Trinajstić information content (AvgIpc) is 3.44. The van der Waals surface area contributed by atoms with E-state index in [4.69, 9.17) is 13.9 Å². The van der Waals surface area contributed by atoms with Crippen LogP contribution in [0.3, 0.4) is 0 Å². The third kappa shape index (κ3) is 4.60. The van der Waals surface area contributed by atoms with E-state index in [9.17, 15) is 24.5 Å². The zero-order valence-electron chi connectivity index (χ0n) is 18.6. The molecule has 3 aromatic rings. The van der Waals surface area contributed by atoms with Crippen LogP contribution < -0.4 is 15.2 Å². The predicted octanol–water partition coefficient (Wildman–Crippen LogP) is 3.50. The summed E-state index contributed by atoms with van der Waals surface area (Å²) in [6.45, 7) is 1.93. The van der Waals surface area contributed by atoms with Crippen LogP contribution in [0.1, 0.15) is 23.0 Å². The molecule has 0 unspecified atom stereocenters. The number of furan rings is 1. The summed E-state index contributed by atoms with van der Waals surface area (Å²) in [7, 11) is 1.42. The van der Waals surface area contributed by atoms with E-state index in [0.717, 1.165) is 5.01 Å². The Balaban J connectivity index is 1.58. The zero-order chi connectivity index (χ0) is 25.1. The fourth-order valence-electron chi connectivity index (χ4n) is 3.42. The SMILES string of the molecule is CCOC(=O)c1ccc(N2NC(=O)/C(=C/c3ccc(-c4cc([N+](=O)[O-])ccc4OC)o3)C2=O)cc1. The van der Waals surface area contributed by atoms with Gasteiger partial charge in [-0.15, -0.1) is 0 Å². The molecule has 0 bridgehead atoms. The molecule has 0 saturated carbocycles. The third-order valence-corrected chi connectivity index (χ3v) is 5.10. The van der Waals surface area contributed by atoms with E-state index in [1.165, 1.54) is 61.7 Å². The first kappa shape index (κ1) is 23.2. The van der Waals surface area contributed by atoms with Gasteiger partial charge in [-0.1, -0.05) is 0 Å². The number of methoxy groups -OCH3 is 1. The number of ether oxygens (including phenoxy) is 2. The van der Waals surface area contributed by atoms with Gasteiger partial charge in [0.05, 0.1) is 35.5 Å². The monoisotopic (exact) mass is 477 g/mol. The molecular weight excluding hydrogens is 458 g/mol. The van der Waals surface area contributed by atoms with Crippen LogP contribution in [0.2, 0.25) is 0 Å². The van der Waals surface area contributed by atoms with E-state index in [-0.39, 0.29) is 29.4 Å². The number of benzene rings is 2. The summed E-state index contributed by atoms with van der Waals surface area (Å²) in [6.07, 6.45) is 1.28. The molecule has 0 spiro atoms. The zero-order valence-corrected chi connectivity index (χ0v) is 18.6. The number of hydrazine groups is 1. The van der Waals surface area contributed by atoms with Crippen LogP contribution >= 0.6 is 0 Å². The molecule has 0 aliphatic carbocycles. The molecule has 0 radical (unpaired) electrons. The van der Waals surface area contributed by atoms with Gasteiger partial charge in [-0.3, -0.25) is 25.1 Å². The lowest BCUT2D eigenvalue weighted by atomic mass is 10.1. The van der Waals surface area contributed by atoms with Gasteiger partial charge < -0.3 is 13.9 Å². The number of nitrogens with zero attached hydrogens (tertiary/aromatic N) is 2. The third-order valence-electron chi connectivity index (χ3n) is 5.10. The van der Waals surface area contributed by atoms with E-state index >= 15 is 0 Å². The van der Waals surface area contributed by atoms with Gasteiger partial charge in [-0.05, 0) is 55.5 Å². The Labute approximate surface area is 198 Å². The topological polar surface area (TPSA) is 141 Å². The van der Waals surface area contributed by atoms with Gasteiger partial charge >= 0.3 is 5.97 Å². The van der Waals surface area contributed by atoms with Gasteiger partial charge in [-0.25, -0.2) is 9.80 Å². The van der Waals surface area contributed by atoms with Crippen molar-refractivity contribution < 1.29 is 33.2 Å². The van der Waals surface area contributed by atoms with Gasteiger partial charge in [-0.2, -0.15) is 0 Å². The van der Waals surface area contributed by atoms with Crippen LogP contribution in [-0.2, 0) is 14.3 Å². The first-order chi connectivity index (χ1) is 16.8. The minimum atomic E-state index is -0.643. The van der Waals surface area contributed by atoms with Crippen LogP contribution in [0.4, 0.5) is 11.4 Å². The summed E-state index contributed by atoms with van der Waals surface area (Å²) in [5, 5.41) is 12.2. The quantitative estimate of drug-likeness (QED) is 0.179. The Kier molecular flexibility index (Phi) is 6.32. The Morgan fingerprint density at radius 2 is 1.89 bits per heavy atom. The summed E-state index contributed by atoms with van der Waals surface area (Å²) in [4.78, 5) is 47.8. The number of carbonyl (C=O) groups excluding carboxylic acids is 3. The number of anilines is 1. The molecule has 35 heavy (non-hydrogen) atoms. The molecule has 2 heterocycles. The number of carbonyl (C=O) groups is 3. The van der Waals surface area contributed by atoms with Gasteiger partial charge in [0.25, 0.3) is 17.5 Å². The first-order valence-corrected chi connectivity index (χ1v) is 10.4. The van der Waals surface area contributed by atoms with Crippen molar-refractivity contribution >= 4 is 35.2 Å². The second-order valence-electron chi connectivity index (χ2n) is 7.25. The molecule has 2 aromatic carbocycles.